The lowest BCUT2D eigenvalue weighted by molar-refractivity contribution is 1.41. The van der Waals surface area contributed by atoms with Crippen molar-refractivity contribution in [1.82, 2.24) is 0 Å². The first-order valence-electron chi connectivity index (χ1n) is 2.50. The molecule has 0 amide bonds. The summed E-state index contributed by atoms with van der Waals surface area (Å²) in [6.45, 7) is 0. The summed E-state index contributed by atoms with van der Waals surface area (Å²) in [7, 11) is 0. The summed E-state index contributed by atoms with van der Waals surface area (Å²) in [6, 6.07) is 8.98. The molecule has 1 aromatic carbocycles. The molecule has 0 aromatic heterocycles. The molecule has 0 radical (unpaired) electrons. The van der Waals surface area contributed by atoms with E-state index < -0.39 is 0 Å². The molecule has 0 heterocycles. The monoisotopic (exact) mass is 134 g/mol. The van der Waals surface area contributed by atoms with Gasteiger partial charge in [0.05, 0.1) is 11.6 Å². The molecule has 2 heteroatoms. The molecule has 0 N–H and O–H groups in total. The van der Waals surface area contributed by atoms with E-state index in [9.17, 15) is 0 Å². The average Bonchev–Trinajstić information content (AvgIpc) is 1.88. The van der Waals surface area contributed by atoms with Crippen LogP contribution in [0.3, 0.4) is 0 Å². The van der Waals surface area contributed by atoms with Gasteiger partial charge in [0.25, 0.3) is 0 Å². The summed E-state index contributed by atoms with van der Waals surface area (Å²) in [4.78, 5) is 0.717. The molecule has 0 saturated carbocycles. The van der Waals surface area contributed by atoms with Gasteiger partial charge in [-0.3, -0.25) is 0 Å². The molecule has 9 heavy (non-hydrogen) atoms. The number of hydrogen-bond donors (Lipinski definition) is 0. The summed E-state index contributed by atoms with van der Waals surface area (Å²) in [5.74, 6) is 0. The van der Waals surface area contributed by atoms with Crippen LogP contribution in [-0.2, 0) is 12.6 Å². The minimum atomic E-state index is 0.627. The second kappa shape index (κ2) is 2.47. The van der Waals surface area contributed by atoms with Crippen LogP contribution in [0.15, 0.2) is 29.2 Å². The minimum absolute atomic E-state index is 0.627. The molecule has 0 spiro atoms. The van der Waals surface area contributed by atoms with Gasteiger partial charge in [0.1, 0.15) is 0 Å². The Morgan fingerprint density at radius 1 is 1.44 bits per heavy atom. The van der Waals surface area contributed by atoms with E-state index in [0.29, 0.717) is 10.5 Å². The van der Waals surface area contributed by atoms with E-state index in [0.717, 1.165) is 0 Å². The molecule has 0 atom stereocenters. The fraction of sp³-hybridized carbons (Fsp3) is 0. The molecule has 1 rings (SSSR count). The second-order valence-corrected chi connectivity index (χ2v) is 2.11. The van der Waals surface area contributed by atoms with E-state index in [-0.39, 0.29) is 0 Å². The topological polar surface area (TPSA) is 23.8 Å². The molecule has 0 aliphatic heterocycles. The fourth-order valence-electron chi connectivity index (χ4n) is 0.566. The zero-order valence-corrected chi connectivity index (χ0v) is 5.48. The Balaban J connectivity index is 3.12. The lowest BCUT2D eigenvalue weighted by Crippen LogP contribution is -1.73. The first kappa shape index (κ1) is 6.06. The Bertz CT molecular complexity index is 249. The molecule has 1 aromatic rings. The first-order valence-corrected chi connectivity index (χ1v) is 2.91. The molecule has 0 saturated heterocycles. The normalized spacial score (nSPS) is 8.33. The van der Waals surface area contributed by atoms with Crippen LogP contribution in [0.2, 0.25) is 0 Å². The number of hydrogen-bond acceptors (Lipinski definition) is 2. The van der Waals surface area contributed by atoms with Gasteiger partial charge in [-0.25, -0.2) is 0 Å². The molecule has 0 unspecified atom stereocenters. The summed E-state index contributed by atoms with van der Waals surface area (Å²) in [5.41, 5.74) is 0.627. The molecule has 1 nitrogen and oxygen atoms in total. The smallest absolute Gasteiger partial charge is 0.0991 e. The SMILES string of the molecule is N#Cc1cccc([S-])c1. The van der Waals surface area contributed by atoms with Crippen molar-refractivity contribution in [3.63, 3.8) is 0 Å². The van der Waals surface area contributed by atoms with Crippen molar-refractivity contribution in [3.8, 4) is 6.07 Å². The molecular weight excluding hydrogens is 130 g/mol. The number of benzene rings is 1. The highest BCUT2D eigenvalue weighted by Gasteiger charge is 1.81. The summed E-state index contributed by atoms with van der Waals surface area (Å²) >= 11 is 4.81. The van der Waals surface area contributed by atoms with E-state index in [1.807, 2.05) is 6.07 Å². The van der Waals surface area contributed by atoms with Crippen LogP contribution in [-0.4, -0.2) is 0 Å². The number of nitrogens with zero attached hydrogens (tertiary/aromatic N) is 1. The second-order valence-electron chi connectivity index (χ2n) is 1.64. The maximum atomic E-state index is 8.37. The van der Waals surface area contributed by atoms with Crippen molar-refractivity contribution >= 4 is 12.6 Å². The maximum Gasteiger partial charge on any atom is 0.0991 e. The Kier molecular flexibility index (Phi) is 1.66. The lowest BCUT2D eigenvalue weighted by atomic mass is 10.2. The van der Waals surface area contributed by atoms with Crippen molar-refractivity contribution in [2.45, 2.75) is 4.90 Å². The molecule has 0 aliphatic carbocycles. The van der Waals surface area contributed by atoms with Crippen LogP contribution in [0.5, 0.6) is 0 Å². The number of nitriles is 1. The molecule has 0 fully saturated rings. The van der Waals surface area contributed by atoms with Crippen LogP contribution in [0.1, 0.15) is 5.56 Å². The van der Waals surface area contributed by atoms with Crippen molar-refractivity contribution in [2.24, 2.45) is 0 Å². The van der Waals surface area contributed by atoms with E-state index in [2.05, 4.69) is 0 Å². The van der Waals surface area contributed by atoms with Gasteiger partial charge in [-0.2, -0.15) is 10.2 Å². The summed E-state index contributed by atoms with van der Waals surface area (Å²) < 4.78 is 0. The Morgan fingerprint density at radius 2 is 2.22 bits per heavy atom. The predicted molar refractivity (Wildman–Crippen MR) is 36.8 cm³/mol. The largest absolute Gasteiger partial charge is 0.780 e. The molecular formula is C7H4NS-. The van der Waals surface area contributed by atoms with Gasteiger partial charge < -0.3 is 12.6 Å². The van der Waals surface area contributed by atoms with Gasteiger partial charge in [0, 0.05) is 0 Å². The zero-order valence-electron chi connectivity index (χ0n) is 4.66. The highest BCUT2D eigenvalue weighted by Crippen LogP contribution is 2.01. The van der Waals surface area contributed by atoms with Gasteiger partial charge in [0.2, 0.25) is 0 Å². The van der Waals surface area contributed by atoms with Crippen LogP contribution in [0, 0.1) is 11.3 Å². The van der Waals surface area contributed by atoms with Crippen molar-refractivity contribution in [2.75, 3.05) is 0 Å². The van der Waals surface area contributed by atoms with Crippen LogP contribution in [0.25, 0.3) is 0 Å². The average molecular weight is 134 g/mol. The predicted octanol–water partition coefficient (Wildman–Crippen LogP) is 1.46. The Labute approximate surface area is 59.3 Å². The van der Waals surface area contributed by atoms with Gasteiger partial charge >= 0.3 is 0 Å². The van der Waals surface area contributed by atoms with Gasteiger partial charge in [-0.1, -0.05) is 18.2 Å². The lowest BCUT2D eigenvalue weighted by Gasteiger charge is -2.01. The third kappa shape index (κ3) is 1.41. The third-order valence-corrected chi connectivity index (χ3v) is 1.22. The van der Waals surface area contributed by atoms with Gasteiger partial charge in [0.15, 0.2) is 0 Å². The minimum Gasteiger partial charge on any atom is -0.780 e. The highest BCUT2D eigenvalue weighted by molar-refractivity contribution is 7.58. The van der Waals surface area contributed by atoms with Crippen molar-refractivity contribution in [3.05, 3.63) is 29.8 Å². The number of rotatable bonds is 0. The van der Waals surface area contributed by atoms with Gasteiger partial charge in [-0.05, 0) is 6.07 Å². The fourth-order valence-corrected chi connectivity index (χ4v) is 0.771. The standard InChI is InChI=1S/C7H5NS/c8-5-6-2-1-3-7(9)4-6/h1-4,9H/p-1. The summed E-state index contributed by atoms with van der Waals surface area (Å²) in [5, 5.41) is 8.37. The zero-order chi connectivity index (χ0) is 6.69. The summed E-state index contributed by atoms with van der Waals surface area (Å²) in [6.07, 6.45) is 0. The van der Waals surface area contributed by atoms with Crippen LogP contribution in [0.4, 0.5) is 0 Å². The maximum absolute atomic E-state index is 8.37. The molecule has 44 valence electrons. The van der Waals surface area contributed by atoms with Crippen LogP contribution >= 0.6 is 0 Å². The highest BCUT2D eigenvalue weighted by atomic mass is 32.1. The van der Waals surface area contributed by atoms with Crippen molar-refractivity contribution < 1.29 is 0 Å². The van der Waals surface area contributed by atoms with Crippen molar-refractivity contribution in [1.29, 1.82) is 5.26 Å². The molecule has 0 bridgehead atoms. The van der Waals surface area contributed by atoms with E-state index >= 15 is 0 Å². The Hall–Kier alpha value is -1.07. The Morgan fingerprint density at radius 3 is 2.67 bits per heavy atom. The van der Waals surface area contributed by atoms with E-state index in [4.69, 9.17) is 17.9 Å². The van der Waals surface area contributed by atoms with E-state index in [1.165, 1.54) is 0 Å². The third-order valence-electron chi connectivity index (χ3n) is 0.963. The van der Waals surface area contributed by atoms with Gasteiger partial charge in [-0.15, -0.1) is 0 Å². The molecule has 0 aliphatic rings. The first-order chi connectivity index (χ1) is 4.33. The van der Waals surface area contributed by atoms with E-state index in [1.54, 1.807) is 24.3 Å². The van der Waals surface area contributed by atoms with Crippen LogP contribution < -0.4 is 0 Å². The quantitative estimate of drug-likeness (QED) is 0.501.